The van der Waals surface area contributed by atoms with E-state index in [4.69, 9.17) is 29.6 Å². The van der Waals surface area contributed by atoms with Gasteiger partial charge >= 0.3 is 0 Å². The molecule has 2 rings (SSSR count). The minimum atomic E-state index is -3.75. The van der Waals surface area contributed by atoms with Gasteiger partial charge in [-0.3, -0.25) is 0 Å². The molecule has 0 spiro atoms. The lowest BCUT2D eigenvalue weighted by Gasteiger charge is -2.17. The predicted molar refractivity (Wildman–Crippen MR) is 85.0 cm³/mol. The van der Waals surface area contributed by atoms with Crippen LogP contribution in [0.25, 0.3) is 0 Å². The van der Waals surface area contributed by atoms with Crippen molar-refractivity contribution < 1.29 is 8.42 Å². The molecular weight excluding hydrogens is 331 g/mol. The van der Waals surface area contributed by atoms with E-state index in [0.717, 1.165) is 17.1 Å². The number of halogens is 2. The maximum atomic E-state index is 12.5. The first-order valence-electron chi connectivity index (χ1n) is 6.47. The lowest BCUT2D eigenvalue weighted by Crippen LogP contribution is -2.28. The molecule has 7 heteroatoms. The zero-order chi connectivity index (χ0) is 15.6. The Morgan fingerprint density at radius 3 is 2.67 bits per heavy atom. The summed E-state index contributed by atoms with van der Waals surface area (Å²) in [6, 6.07) is 3.52. The number of benzene rings is 1. The van der Waals surface area contributed by atoms with Crippen LogP contribution in [-0.2, 0) is 16.6 Å². The van der Waals surface area contributed by atoms with Crippen molar-refractivity contribution in [2.45, 2.75) is 30.3 Å². The normalized spacial score (nSPS) is 15.2. The van der Waals surface area contributed by atoms with Gasteiger partial charge in [0, 0.05) is 24.7 Å². The third kappa shape index (κ3) is 3.91. The highest BCUT2D eigenvalue weighted by atomic mass is 35.5. The predicted octanol–water partition coefficient (Wildman–Crippen LogP) is 2.50. The highest BCUT2D eigenvalue weighted by Gasteiger charge is 2.26. The van der Waals surface area contributed by atoms with Gasteiger partial charge in [-0.2, -0.15) is 4.31 Å². The maximum Gasteiger partial charge on any atom is 0.245 e. The van der Waals surface area contributed by atoms with E-state index in [-0.39, 0.29) is 16.5 Å². The van der Waals surface area contributed by atoms with Gasteiger partial charge in [-0.25, -0.2) is 8.42 Å². The van der Waals surface area contributed by atoms with Crippen molar-refractivity contribution in [2.24, 2.45) is 0 Å². The smallest absolute Gasteiger partial charge is 0.245 e. The highest BCUT2D eigenvalue weighted by molar-refractivity contribution is 7.89. The fraction of sp³-hybridized carbons (Fsp3) is 0.429. The third-order valence-corrected chi connectivity index (χ3v) is 5.84. The molecule has 1 aromatic carbocycles. The van der Waals surface area contributed by atoms with Gasteiger partial charge in [0.1, 0.15) is 4.90 Å². The van der Waals surface area contributed by atoms with Crippen LogP contribution in [0, 0.1) is 12.3 Å². The Labute approximate surface area is 135 Å². The van der Waals surface area contributed by atoms with Gasteiger partial charge in [0.15, 0.2) is 0 Å². The molecule has 0 radical (unpaired) electrons. The minimum Gasteiger partial charge on any atom is -0.310 e. The molecule has 0 amide bonds. The second-order valence-electron chi connectivity index (χ2n) is 5.00. The molecule has 0 aromatic heterocycles. The first-order chi connectivity index (χ1) is 9.86. The summed E-state index contributed by atoms with van der Waals surface area (Å²) in [5.74, 6) is 2.30. The Morgan fingerprint density at radius 1 is 1.43 bits per heavy atom. The summed E-state index contributed by atoms with van der Waals surface area (Å²) in [4.78, 5) is -0.0120. The van der Waals surface area contributed by atoms with Gasteiger partial charge in [0.25, 0.3) is 0 Å². The van der Waals surface area contributed by atoms with Crippen molar-refractivity contribution in [1.29, 1.82) is 0 Å². The molecule has 21 heavy (non-hydrogen) atoms. The standard InChI is InChI=1S/C14H16Cl2N2O2S/c1-3-6-18(2)21(19,20)13-8-11(15)7-10(14(13)16)9-17-12-4-5-12/h1,7-8,12,17H,4-6,9H2,2H3. The van der Waals surface area contributed by atoms with E-state index >= 15 is 0 Å². The molecule has 1 N–H and O–H groups in total. The van der Waals surface area contributed by atoms with Crippen molar-refractivity contribution in [1.82, 2.24) is 9.62 Å². The second kappa shape index (κ2) is 6.55. The number of terminal acetylenes is 1. The summed E-state index contributed by atoms with van der Waals surface area (Å²) in [5, 5.41) is 3.81. The van der Waals surface area contributed by atoms with Crippen LogP contribution < -0.4 is 5.32 Å². The molecule has 0 atom stereocenters. The van der Waals surface area contributed by atoms with Gasteiger partial charge in [0.05, 0.1) is 11.6 Å². The molecule has 1 aromatic rings. The number of nitrogens with one attached hydrogen (secondary N) is 1. The lowest BCUT2D eigenvalue weighted by atomic mass is 10.2. The number of hydrogen-bond acceptors (Lipinski definition) is 3. The SMILES string of the molecule is C#CCN(C)S(=O)(=O)c1cc(Cl)cc(CNC2CC2)c1Cl. The summed E-state index contributed by atoms with van der Waals surface area (Å²) < 4.78 is 26.0. The van der Waals surface area contributed by atoms with Crippen LogP contribution in [0.15, 0.2) is 17.0 Å². The molecule has 114 valence electrons. The molecule has 1 aliphatic rings. The zero-order valence-electron chi connectivity index (χ0n) is 11.6. The number of rotatable bonds is 6. The zero-order valence-corrected chi connectivity index (χ0v) is 13.9. The van der Waals surface area contributed by atoms with Gasteiger partial charge in [0.2, 0.25) is 10.0 Å². The molecule has 0 heterocycles. The molecule has 1 aliphatic carbocycles. The fourth-order valence-corrected chi connectivity index (χ4v) is 3.85. The van der Waals surface area contributed by atoms with E-state index in [1.54, 1.807) is 6.07 Å². The first kappa shape index (κ1) is 16.6. The summed E-state index contributed by atoms with van der Waals surface area (Å²) in [5.41, 5.74) is 0.670. The van der Waals surface area contributed by atoms with Crippen LogP contribution in [0.4, 0.5) is 0 Å². The van der Waals surface area contributed by atoms with Gasteiger partial charge in [-0.15, -0.1) is 6.42 Å². The number of sulfonamides is 1. The van der Waals surface area contributed by atoms with Crippen LogP contribution in [-0.4, -0.2) is 32.4 Å². The van der Waals surface area contributed by atoms with E-state index in [9.17, 15) is 8.42 Å². The summed E-state index contributed by atoms with van der Waals surface area (Å²) >= 11 is 12.3. The Bertz CT molecular complexity index is 679. The van der Waals surface area contributed by atoms with Crippen LogP contribution in [0.2, 0.25) is 10.0 Å². The summed E-state index contributed by atoms with van der Waals surface area (Å²) in [7, 11) is -2.34. The van der Waals surface area contributed by atoms with Crippen LogP contribution in [0.1, 0.15) is 18.4 Å². The molecule has 1 fully saturated rings. The fourth-order valence-electron chi connectivity index (χ4n) is 1.86. The van der Waals surface area contributed by atoms with Gasteiger partial charge < -0.3 is 5.32 Å². The molecule has 0 unspecified atom stereocenters. The van der Waals surface area contributed by atoms with Crippen LogP contribution >= 0.6 is 23.2 Å². The van der Waals surface area contributed by atoms with E-state index < -0.39 is 10.0 Å². The quantitative estimate of drug-likeness (QED) is 0.805. The van der Waals surface area contributed by atoms with Crippen LogP contribution in [0.3, 0.4) is 0 Å². The molecule has 0 saturated heterocycles. The second-order valence-corrected chi connectivity index (χ2v) is 7.83. The van der Waals surface area contributed by atoms with Crippen molar-refractivity contribution >= 4 is 33.2 Å². The van der Waals surface area contributed by atoms with Crippen molar-refractivity contribution in [3.8, 4) is 12.3 Å². The van der Waals surface area contributed by atoms with Crippen molar-refractivity contribution in [3.05, 3.63) is 27.7 Å². The van der Waals surface area contributed by atoms with E-state index in [2.05, 4.69) is 11.2 Å². The molecule has 1 saturated carbocycles. The Morgan fingerprint density at radius 2 is 2.10 bits per heavy atom. The highest BCUT2D eigenvalue weighted by Crippen LogP contribution is 2.31. The number of nitrogens with zero attached hydrogens (tertiary/aromatic N) is 1. The average Bonchev–Trinajstić information content (AvgIpc) is 3.23. The monoisotopic (exact) mass is 346 g/mol. The van der Waals surface area contributed by atoms with E-state index in [0.29, 0.717) is 23.2 Å². The minimum absolute atomic E-state index is 0.0120. The Kier molecular flexibility index (Phi) is 5.18. The molecule has 0 bridgehead atoms. The summed E-state index contributed by atoms with van der Waals surface area (Å²) in [6.45, 7) is 0.465. The topological polar surface area (TPSA) is 49.4 Å². The van der Waals surface area contributed by atoms with Crippen molar-refractivity contribution in [2.75, 3.05) is 13.6 Å². The van der Waals surface area contributed by atoms with Crippen LogP contribution in [0.5, 0.6) is 0 Å². The molecule has 4 nitrogen and oxygen atoms in total. The number of hydrogen-bond donors (Lipinski definition) is 1. The van der Waals surface area contributed by atoms with Gasteiger partial charge in [-0.05, 0) is 30.5 Å². The third-order valence-electron chi connectivity index (χ3n) is 3.24. The van der Waals surface area contributed by atoms with E-state index in [1.165, 1.54) is 13.1 Å². The largest absolute Gasteiger partial charge is 0.310 e. The van der Waals surface area contributed by atoms with Gasteiger partial charge in [-0.1, -0.05) is 29.1 Å². The molecule has 0 aliphatic heterocycles. The summed E-state index contributed by atoms with van der Waals surface area (Å²) in [6.07, 6.45) is 7.43. The maximum absolute atomic E-state index is 12.5. The first-order valence-corrected chi connectivity index (χ1v) is 8.67. The average molecular weight is 347 g/mol. The Hall–Kier alpha value is -0.770. The Balaban J connectivity index is 2.36. The lowest BCUT2D eigenvalue weighted by molar-refractivity contribution is 0.503. The van der Waals surface area contributed by atoms with Crippen molar-refractivity contribution in [3.63, 3.8) is 0 Å². The molecular formula is C14H16Cl2N2O2S. The van der Waals surface area contributed by atoms with E-state index in [1.807, 2.05) is 0 Å².